The van der Waals surface area contributed by atoms with Gasteiger partial charge in [0.2, 0.25) is 0 Å². The highest BCUT2D eigenvalue weighted by molar-refractivity contribution is 7.99. The van der Waals surface area contributed by atoms with Crippen LogP contribution in [0.1, 0.15) is 36.5 Å². The minimum atomic E-state index is -1.15. The zero-order valence-electron chi connectivity index (χ0n) is 10.1. The Kier molecular flexibility index (Phi) is 5.64. The highest BCUT2D eigenvalue weighted by Crippen LogP contribution is 2.30. The van der Waals surface area contributed by atoms with Crippen LogP contribution in [0.5, 0.6) is 0 Å². The number of nitrogens with zero attached hydrogens (tertiary/aromatic N) is 1. The number of nitro benzene ring substituents is 1. The predicted octanol–water partition coefficient (Wildman–Crippen LogP) is 3.58. The molecule has 0 heterocycles. The number of hydrogen-bond donors (Lipinski definition) is 1. The van der Waals surface area contributed by atoms with E-state index >= 15 is 0 Å². The first-order valence-corrected chi connectivity index (χ1v) is 6.69. The number of nitro groups is 1. The van der Waals surface area contributed by atoms with E-state index in [2.05, 4.69) is 6.92 Å². The van der Waals surface area contributed by atoms with Gasteiger partial charge in [-0.15, -0.1) is 11.8 Å². The number of thioether (sulfide) groups is 1. The molecule has 0 radical (unpaired) electrons. The van der Waals surface area contributed by atoms with E-state index in [-0.39, 0.29) is 11.3 Å². The molecule has 18 heavy (non-hydrogen) atoms. The molecule has 6 heteroatoms. The van der Waals surface area contributed by atoms with Gasteiger partial charge in [0.1, 0.15) is 0 Å². The summed E-state index contributed by atoms with van der Waals surface area (Å²) in [5, 5.41) is 19.7. The molecule has 0 aromatic heterocycles. The van der Waals surface area contributed by atoms with Crippen LogP contribution in [0.25, 0.3) is 0 Å². The smallest absolute Gasteiger partial charge is 0.335 e. The van der Waals surface area contributed by atoms with Crippen molar-refractivity contribution < 1.29 is 14.8 Å². The maximum Gasteiger partial charge on any atom is 0.335 e. The zero-order chi connectivity index (χ0) is 13.5. The molecule has 98 valence electrons. The first-order chi connectivity index (χ1) is 8.56. The van der Waals surface area contributed by atoms with Crippen molar-refractivity contribution in [3.63, 3.8) is 0 Å². The molecule has 0 fully saturated rings. The minimum Gasteiger partial charge on any atom is -0.478 e. The lowest BCUT2D eigenvalue weighted by molar-refractivity contribution is -0.387. The van der Waals surface area contributed by atoms with Gasteiger partial charge in [0.05, 0.1) is 15.4 Å². The maximum absolute atomic E-state index is 10.9. The van der Waals surface area contributed by atoms with Crippen LogP contribution >= 0.6 is 11.8 Å². The lowest BCUT2D eigenvalue weighted by Crippen LogP contribution is -1.99. The second-order valence-electron chi connectivity index (χ2n) is 3.80. The van der Waals surface area contributed by atoms with E-state index in [0.717, 1.165) is 31.1 Å². The quantitative estimate of drug-likeness (QED) is 0.354. The van der Waals surface area contributed by atoms with E-state index < -0.39 is 10.9 Å². The summed E-state index contributed by atoms with van der Waals surface area (Å²) < 4.78 is 0. The van der Waals surface area contributed by atoms with Crippen molar-refractivity contribution in [1.82, 2.24) is 0 Å². The van der Waals surface area contributed by atoms with Crippen LogP contribution in [-0.2, 0) is 0 Å². The Bertz CT molecular complexity index is 448. The van der Waals surface area contributed by atoms with Crippen molar-refractivity contribution in [2.75, 3.05) is 5.75 Å². The average molecular weight is 269 g/mol. The average Bonchev–Trinajstić information content (AvgIpc) is 2.34. The van der Waals surface area contributed by atoms with E-state index in [0.29, 0.717) is 4.90 Å². The van der Waals surface area contributed by atoms with Gasteiger partial charge in [-0.25, -0.2) is 4.79 Å². The fourth-order valence-electron chi connectivity index (χ4n) is 1.45. The summed E-state index contributed by atoms with van der Waals surface area (Å²) in [6, 6.07) is 4.03. The molecule has 5 nitrogen and oxygen atoms in total. The number of unbranched alkanes of at least 4 members (excludes halogenated alkanes) is 2. The topological polar surface area (TPSA) is 80.4 Å². The summed E-state index contributed by atoms with van der Waals surface area (Å²) in [6.45, 7) is 2.09. The van der Waals surface area contributed by atoms with E-state index in [1.807, 2.05) is 0 Å². The van der Waals surface area contributed by atoms with Crippen LogP contribution in [0.3, 0.4) is 0 Å². The third-order valence-corrected chi connectivity index (χ3v) is 3.56. The molecular weight excluding hydrogens is 254 g/mol. The summed E-state index contributed by atoms with van der Waals surface area (Å²) in [5.74, 6) is -0.346. The Hall–Kier alpha value is -1.56. The summed E-state index contributed by atoms with van der Waals surface area (Å²) in [7, 11) is 0. The van der Waals surface area contributed by atoms with Gasteiger partial charge >= 0.3 is 5.97 Å². The lowest BCUT2D eigenvalue weighted by Gasteiger charge is -2.03. The van der Waals surface area contributed by atoms with Crippen molar-refractivity contribution in [1.29, 1.82) is 0 Å². The molecule has 0 aliphatic rings. The van der Waals surface area contributed by atoms with Gasteiger partial charge in [0.15, 0.2) is 0 Å². The van der Waals surface area contributed by atoms with E-state index in [9.17, 15) is 14.9 Å². The molecule has 0 spiro atoms. The van der Waals surface area contributed by atoms with Gasteiger partial charge in [-0.2, -0.15) is 0 Å². The van der Waals surface area contributed by atoms with E-state index in [1.54, 1.807) is 0 Å². The Labute approximate surface area is 109 Å². The highest BCUT2D eigenvalue weighted by atomic mass is 32.2. The van der Waals surface area contributed by atoms with Crippen molar-refractivity contribution in [3.05, 3.63) is 33.9 Å². The number of benzene rings is 1. The number of hydrogen-bond acceptors (Lipinski definition) is 4. The van der Waals surface area contributed by atoms with Crippen molar-refractivity contribution in [2.45, 2.75) is 31.1 Å². The van der Waals surface area contributed by atoms with Gasteiger partial charge in [-0.1, -0.05) is 19.8 Å². The Morgan fingerprint density at radius 3 is 2.72 bits per heavy atom. The van der Waals surface area contributed by atoms with Crippen LogP contribution in [0.4, 0.5) is 5.69 Å². The largest absolute Gasteiger partial charge is 0.478 e. The first-order valence-electron chi connectivity index (χ1n) is 5.70. The molecule has 1 rings (SSSR count). The predicted molar refractivity (Wildman–Crippen MR) is 70.3 cm³/mol. The normalized spacial score (nSPS) is 10.3. The van der Waals surface area contributed by atoms with Gasteiger partial charge in [-0.05, 0) is 24.3 Å². The molecule has 0 saturated carbocycles. The molecule has 1 N–H and O–H groups in total. The molecule has 0 aliphatic heterocycles. The van der Waals surface area contributed by atoms with Gasteiger partial charge < -0.3 is 5.11 Å². The van der Waals surface area contributed by atoms with Crippen LogP contribution in [0, 0.1) is 10.1 Å². The fourth-order valence-corrected chi connectivity index (χ4v) is 2.46. The van der Waals surface area contributed by atoms with Crippen LogP contribution in [0.2, 0.25) is 0 Å². The third-order valence-electron chi connectivity index (χ3n) is 2.41. The molecule has 0 aliphatic carbocycles. The maximum atomic E-state index is 10.9. The molecular formula is C12H15NO4S. The van der Waals surface area contributed by atoms with Crippen molar-refractivity contribution >= 4 is 23.4 Å². The molecule has 1 aromatic rings. The van der Waals surface area contributed by atoms with E-state index in [1.165, 1.54) is 23.9 Å². The second kappa shape index (κ2) is 7.00. The van der Waals surface area contributed by atoms with Crippen LogP contribution < -0.4 is 0 Å². The highest BCUT2D eigenvalue weighted by Gasteiger charge is 2.17. The standard InChI is InChI=1S/C12H15NO4S/c1-2-3-4-7-18-11-6-5-9(12(14)15)8-10(11)13(16)17/h5-6,8H,2-4,7H2,1H3,(H,14,15). The van der Waals surface area contributed by atoms with Gasteiger partial charge in [0.25, 0.3) is 5.69 Å². The lowest BCUT2D eigenvalue weighted by atomic mass is 10.2. The molecule has 0 bridgehead atoms. The summed E-state index contributed by atoms with van der Waals surface area (Å²) in [4.78, 5) is 21.6. The minimum absolute atomic E-state index is 0.0559. The van der Waals surface area contributed by atoms with Crippen LogP contribution in [-0.4, -0.2) is 21.8 Å². The number of aromatic carboxylic acids is 1. The number of carboxylic acid groups (broad SMARTS) is 1. The molecule has 0 amide bonds. The number of rotatable bonds is 7. The summed E-state index contributed by atoms with van der Waals surface area (Å²) >= 11 is 1.40. The van der Waals surface area contributed by atoms with Crippen molar-refractivity contribution in [3.8, 4) is 0 Å². The summed E-state index contributed by atoms with van der Waals surface area (Å²) in [6.07, 6.45) is 3.19. The second-order valence-corrected chi connectivity index (χ2v) is 4.94. The first kappa shape index (κ1) is 14.5. The molecule has 0 saturated heterocycles. The Balaban J connectivity index is 2.83. The molecule has 0 unspecified atom stereocenters. The van der Waals surface area contributed by atoms with Crippen LogP contribution in [0.15, 0.2) is 23.1 Å². The SMILES string of the molecule is CCCCCSc1ccc(C(=O)O)cc1[N+](=O)[O-]. The monoisotopic (exact) mass is 269 g/mol. The van der Waals surface area contributed by atoms with E-state index in [4.69, 9.17) is 5.11 Å². The molecule has 0 atom stereocenters. The van der Waals surface area contributed by atoms with Gasteiger partial charge in [-0.3, -0.25) is 10.1 Å². The van der Waals surface area contributed by atoms with Crippen molar-refractivity contribution in [2.24, 2.45) is 0 Å². The zero-order valence-corrected chi connectivity index (χ0v) is 10.9. The number of carbonyl (C=O) groups is 1. The molecule has 1 aromatic carbocycles. The fraction of sp³-hybridized carbons (Fsp3) is 0.417. The Morgan fingerprint density at radius 1 is 1.44 bits per heavy atom. The summed E-state index contributed by atoms with van der Waals surface area (Å²) in [5.41, 5.74) is -0.184. The third kappa shape index (κ3) is 4.03. The Morgan fingerprint density at radius 2 is 2.17 bits per heavy atom. The van der Waals surface area contributed by atoms with Gasteiger partial charge in [0, 0.05) is 6.07 Å². The number of carboxylic acids is 1.